The van der Waals surface area contributed by atoms with Crippen LogP contribution >= 0.6 is 0 Å². The number of hydrogen-bond acceptors (Lipinski definition) is 6. The number of aromatic nitrogens is 5. The van der Waals surface area contributed by atoms with Gasteiger partial charge in [-0.05, 0) is 12.1 Å². The van der Waals surface area contributed by atoms with Crippen LogP contribution in [0.2, 0.25) is 0 Å². The average molecular weight is 247 g/mol. The zero-order valence-corrected chi connectivity index (χ0v) is 9.26. The van der Waals surface area contributed by atoms with Gasteiger partial charge in [-0.25, -0.2) is 9.78 Å². The number of furan rings is 1. The molecular weight excluding hydrogens is 238 g/mol. The highest BCUT2D eigenvalue weighted by Crippen LogP contribution is 2.14. The van der Waals surface area contributed by atoms with Crippen molar-refractivity contribution in [1.29, 1.82) is 0 Å². The Balaban J connectivity index is 1.79. The first-order valence-corrected chi connectivity index (χ1v) is 5.27. The van der Waals surface area contributed by atoms with Crippen LogP contribution < -0.4 is 5.76 Å². The van der Waals surface area contributed by atoms with Crippen molar-refractivity contribution in [2.24, 2.45) is 0 Å². The fraction of sp³-hybridized carbons (Fsp3) is 0.200. The largest absolute Gasteiger partial charge is 0.459 e. The van der Waals surface area contributed by atoms with Crippen LogP contribution in [0, 0.1) is 0 Å². The zero-order valence-electron chi connectivity index (χ0n) is 9.26. The van der Waals surface area contributed by atoms with Crippen LogP contribution in [0.5, 0.6) is 0 Å². The Bertz CT molecular complexity index is 665. The van der Waals surface area contributed by atoms with Gasteiger partial charge in [0, 0.05) is 0 Å². The number of hydrogen-bond donors (Lipinski definition) is 0. The third-order valence-corrected chi connectivity index (χ3v) is 2.35. The van der Waals surface area contributed by atoms with Gasteiger partial charge >= 0.3 is 5.76 Å². The topological polar surface area (TPSA) is 91.9 Å². The summed E-state index contributed by atoms with van der Waals surface area (Å²) < 4.78 is 12.9. The second kappa shape index (κ2) is 4.32. The molecule has 0 fully saturated rings. The van der Waals surface area contributed by atoms with E-state index in [0.717, 1.165) is 0 Å². The maximum absolute atomic E-state index is 11.5. The molecule has 3 aromatic heterocycles. The standard InChI is InChI=1S/C10H9N5O3/c16-10-15(4-3-14-7-11-6-12-14)13-9(18-10)8-2-1-5-17-8/h1-2,5-7H,3-4H2. The zero-order chi connectivity index (χ0) is 12.4. The van der Waals surface area contributed by atoms with Gasteiger partial charge in [0.15, 0.2) is 5.76 Å². The van der Waals surface area contributed by atoms with Crippen LogP contribution in [0.25, 0.3) is 11.7 Å². The van der Waals surface area contributed by atoms with Crippen LogP contribution in [-0.4, -0.2) is 24.5 Å². The van der Waals surface area contributed by atoms with E-state index < -0.39 is 5.76 Å². The lowest BCUT2D eigenvalue weighted by molar-refractivity contribution is 0.442. The molecule has 8 heteroatoms. The summed E-state index contributed by atoms with van der Waals surface area (Å²) in [6, 6.07) is 3.37. The van der Waals surface area contributed by atoms with Gasteiger partial charge in [0.25, 0.3) is 5.89 Å². The lowest BCUT2D eigenvalue weighted by Gasteiger charge is -1.97. The predicted molar refractivity (Wildman–Crippen MR) is 58.5 cm³/mol. The van der Waals surface area contributed by atoms with E-state index in [0.29, 0.717) is 18.8 Å². The molecule has 3 heterocycles. The molecule has 0 atom stereocenters. The fourth-order valence-corrected chi connectivity index (χ4v) is 1.49. The van der Waals surface area contributed by atoms with Crippen LogP contribution in [0.15, 0.2) is 44.7 Å². The Labute approximate surface area is 100 Å². The van der Waals surface area contributed by atoms with Crippen molar-refractivity contribution in [2.45, 2.75) is 13.1 Å². The van der Waals surface area contributed by atoms with Gasteiger partial charge in [0.05, 0.1) is 19.4 Å². The van der Waals surface area contributed by atoms with E-state index in [1.165, 1.54) is 17.3 Å². The molecule has 8 nitrogen and oxygen atoms in total. The fourth-order valence-electron chi connectivity index (χ4n) is 1.49. The van der Waals surface area contributed by atoms with Crippen molar-refractivity contribution in [3.8, 4) is 11.7 Å². The van der Waals surface area contributed by atoms with Crippen molar-refractivity contribution in [2.75, 3.05) is 0 Å². The number of nitrogens with zero attached hydrogens (tertiary/aromatic N) is 5. The summed E-state index contributed by atoms with van der Waals surface area (Å²) in [5.74, 6) is 0.0664. The maximum atomic E-state index is 11.5. The van der Waals surface area contributed by atoms with E-state index in [2.05, 4.69) is 15.2 Å². The molecule has 0 N–H and O–H groups in total. The Hall–Kier alpha value is -2.64. The summed E-state index contributed by atoms with van der Waals surface area (Å²) in [4.78, 5) is 15.3. The highest BCUT2D eigenvalue weighted by molar-refractivity contribution is 5.42. The molecule has 0 aliphatic rings. The second-order valence-corrected chi connectivity index (χ2v) is 3.53. The molecule has 0 aromatic carbocycles. The van der Waals surface area contributed by atoms with Crippen LogP contribution in [0.4, 0.5) is 0 Å². The summed E-state index contributed by atoms with van der Waals surface area (Å²) in [6.07, 6.45) is 4.49. The molecule has 3 rings (SSSR count). The average Bonchev–Trinajstić information content (AvgIpc) is 3.09. The van der Waals surface area contributed by atoms with Gasteiger partial charge in [-0.1, -0.05) is 0 Å². The normalized spacial score (nSPS) is 10.9. The smallest absolute Gasteiger partial charge is 0.437 e. The van der Waals surface area contributed by atoms with Gasteiger partial charge in [0.2, 0.25) is 0 Å². The van der Waals surface area contributed by atoms with Gasteiger partial charge in [-0.2, -0.15) is 9.78 Å². The van der Waals surface area contributed by atoms with Gasteiger partial charge in [-0.15, -0.1) is 5.10 Å². The Morgan fingerprint density at radius 3 is 3.00 bits per heavy atom. The molecule has 0 saturated heterocycles. The van der Waals surface area contributed by atoms with Gasteiger partial charge in [-0.3, -0.25) is 4.68 Å². The lowest BCUT2D eigenvalue weighted by Crippen LogP contribution is -2.19. The molecule has 0 aliphatic heterocycles. The highest BCUT2D eigenvalue weighted by atomic mass is 16.4. The van der Waals surface area contributed by atoms with Crippen molar-refractivity contribution < 1.29 is 8.83 Å². The monoisotopic (exact) mass is 247 g/mol. The molecule has 0 spiro atoms. The molecular formula is C10H9N5O3. The summed E-state index contributed by atoms with van der Waals surface area (Å²) in [5.41, 5.74) is 0. The minimum absolute atomic E-state index is 0.170. The Morgan fingerprint density at radius 2 is 2.28 bits per heavy atom. The number of rotatable bonds is 4. The van der Waals surface area contributed by atoms with Crippen LogP contribution in [-0.2, 0) is 13.1 Å². The molecule has 18 heavy (non-hydrogen) atoms. The van der Waals surface area contributed by atoms with Crippen molar-refractivity contribution in [3.05, 3.63) is 41.6 Å². The summed E-state index contributed by atoms with van der Waals surface area (Å²) in [6.45, 7) is 0.844. The van der Waals surface area contributed by atoms with Crippen LogP contribution in [0.3, 0.4) is 0 Å². The van der Waals surface area contributed by atoms with E-state index >= 15 is 0 Å². The molecule has 0 saturated carbocycles. The molecule has 0 radical (unpaired) electrons. The second-order valence-electron chi connectivity index (χ2n) is 3.53. The minimum Gasteiger partial charge on any atom is -0.459 e. The first-order valence-electron chi connectivity index (χ1n) is 5.27. The van der Waals surface area contributed by atoms with E-state index in [9.17, 15) is 4.79 Å². The van der Waals surface area contributed by atoms with E-state index in [4.69, 9.17) is 8.83 Å². The molecule has 0 unspecified atom stereocenters. The van der Waals surface area contributed by atoms with Gasteiger partial charge < -0.3 is 8.83 Å². The summed E-state index contributed by atoms with van der Waals surface area (Å²) in [7, 11) is 0. The molecule has 0 aliphatic carbocycles. The van der Waals surface area contributed by atoms with Crippen LogP contribution in [0.1, 0.15) is 0 Å². The highest BCUT2D eigenvalue weighted by Gasteiger charge is 2.12. The maximum Gasteiger partial charge on any atom is 0.437 e. The molecule has 0 bridgehead atoms. The minimum atomic E-state index is -0.526. The molecule has 92 valence electrons. The van der Waals surface area contributed by atoms with Gasteiger partial charge in [0.1, 0.15) is 12.7 Å². The van der Waals surface area contributed by atoms with E-state index in [-0.39, 0.29) is 5.89 Å². The first-order chi connectivity index (χ1) is 8.83. The Kier molecular flexibility index (Phi) is 2.52. The third kappa shape index (κ3) is 1.95. The molecule has 0 amide bonds. The third-order valence-electron chi connectivity index (χ3n) is 2.35. The SMILES string of the molecule is O=c1oc(-c2ccco2)nn1CCn1cncn1. The molecule has 3 aromatic rings. The quantitative estimate of drug-likeness (QED) is 0.662. The first kappa shape index (κ1) is 10.5. The van der Waals surface area contributed by atoms with E-state index in [1.807, 2.05) is 0 Å². The summed E-state index contributed by atoms with van der Waals surface area (Å²) in [5, 5.41) is 7.96. The van der Waals surface area contributed by atoms with Crippen molar-refractivity contribution >= 4 is 0 Å². The predicted octanol–water partition coefficient (Wildman–Crippen LogP) is 0.388. The van der Waals surface area contributed by atoms with Crippen molar-refractivity contribution in [1.82, 2.24) is 24.5 Å². The number of aryl methyl sites for hydroxylation is 2. The van der Waals surface area contributed by atoms with E-state index in [1.54, 1.807) is 23.1 Å². The Morgan fingerprint density at radius 1 is 1.33 bits per heavy atom. The lowest BCUT2D eigenvalue weighted by atomic mass is 10.5. The summed E-state index contributed by atoms with van der Waals surface area (Å²) >= 11 is 0. The van der Waals surface area contributed by atoms with Crippen molar-refractivity contribution in [3.63, 3.8) is 0 Å².